The lowest BCUT2D eigenvalue weighted by Crippen LogP contribution is -1.98. The Labute approximate surface area is 92.5 Å². The molecule has 12 heavy (non-hydrogen) atoms. The molecule has 4 atom stereocenters. The molecule has 0 N–H and O–H groups in total. The van der Waals surface area contributed by atoms with Crippen molar-refractivity contribution in [1.82, 2.24) is 0 Å². The first-order chi connectivity index (χ1) is 5.31. The quantitative estimate of drug-likeness (QED) is 0.618. The van der Waals surface area contributed by atoms with Crippen molar-refractivity contribution < 1.29 is 0 Å². The summed E-state index contributed by atoms with van der Waals surface area (Å²) >= 11 is 24.1. The second-order valence-electron chi connectivity index (χ2n) is 3.98. The van der Waals surface area contributed by atoms with E-state index in [9.17, 15) is 0 Å². The fourth-order valence-corrected chi connectivity index (χ4v) is 3.71. The monoisotopic (exact) mass is 246 g/mol. The minimum atomic E-state index is -0.579. The molecule has 2 rings (SSSR count). The Morgan fingerprint density at radius 1 is 0.750 bits per heavy atom. The van der Waals surface area contributed by atoms with E-state index >= 15 is 0 Å². The number of rotatable bonds is 1. The zero-order valence-corrected chi connectivity index (χ0v) is 9.84. The van der Waals surface area contributed by atoms with Crippen molar-refractivity contribution in [3.63, 3.8) is 0 Å². The van der Waals surface area contributed by atoms with E-state index in [-0.39, 0.29) is 11.8 Å². The predicted molar refractivity (Wildman–Crippen MR) is 54.2 cm³/mol. The van der Waals surface area contributed by atoms with E-state index in [1.807, 2.05) is 13.8 Å². The summed E-state index contributed by atoms with van der Waals surface area (Å²) in [6.45, 7) is 4.08. The molecule has 0 aromatic carbocycles. The molecular weight excluding hydrogens is 238 g/mol. The predicted octanol–water partition coefficient (Wildman–Crippen LogP) is 3.87. The van der Waals surface area contributed by atoms with Gasteiger partial charge >= 0.3 is 0 Å². The fourth-order valence-electron chi connectivity index (χ4n) is 2.12. The SMILES string of the molecule is C[C@@H]1[C@@H]([C@@H]2[C@@H](C)C2(Cl)Cl)C1(Cl)Cl. The lowest BCUT2D eigenvalue weighted by Gasteiger charge is -1.97. The maximum absolute atomic E-state index is 6.03. The summed E-state index contributed by atoms with van der Waals surface area (Å²) in [6.07, 6.45) is 0. The molecule has 2 fully saturated rings. The zero-order chi connectivity index (χ0) is 9.31. The molecule has 0 radical (unpaired) electrons. The molecule has 0 aliphatic heterocycles. The zero-order valence-electron chi connectivity index (χ0n) is 6.82. The van der Waals surface area contributed by atoms with Gasteiger partial charge in [-0.3, -0.25) is 0 Å². The van der Waals surface area contributed by atoms with E-state index in [0.717, 1.165) is 0 Å². The third-order valence-electron chi connectivity index (χ3n) is 3.35. The van der Waals surface area contributed by atoms with Gasteiger partial charge in [0.25, 0.3) is 0 Å². The first-order valence-electron chi connectivity index (χ1n) is 4.07. The molecule has 0 unspecified atom stereocenters. The van der Waals surface area contributed by atoms with Crippen LogP contribution in [0.1, 0.15) is 13.8 Å². The van der Waals surface area contributed by atoms with Crippen LogP contribution in [-0.4, -0.2) is 8.67 Å². The molecule has 0 amide bonds. The summed E-state index contributed by atoms with van der Waals surface area (Å²) in [5.74, 6) is 1.22. The molecule has 0 heterocycles. The van der Waals surface area contributed by atoms with Crippen molar-refractivity contribution in [3.05, 3.63) is 0 Å². The smallest absolute Gasteiger partial charge is 0.101 e. The second kappa shape index (κ2) is 2.39. The molecule has 0 aromatic rings. The molecular formula is C8H10Cl4. The van der Waals surface area contributed by atoms with E-state index in [1.54, 1.807) is 0 Å². The van der Waals surface area contributed by atoms with Crippen molar-refractivity contribution in [2.75, 3.05) is 0 Å². The fraction of sp³-hybridized carbons (Fsp3) is 1.00. The van der Waals surface area contributed by atoms with Gasteiger partial charge in [0.15, 0.2) is 0 Å². The first kappa shape index (κ1) is 9.71. The van der Waals surface area contributed by atoms with Crippen LogP contribution in [0, 0.1) is 23.7 Å². The number of alkyl halides is 4. The molecule has 0 saturated heterocycles. The van der Waals surface area contributed by atoms with Gasteiger partial charge in [0.2, 0.25) is 0 Å². The molecule has 4 heteroatoms. The first-order valence-corrected chi connectivity index (χ1v) is 5.58. The highest BCUT2D eigenvalue weighted by Crippen LogP contribution is 2.75. The molecule has 0 nitrogen and oxygen atoms in total. The summed E-state index contributed by atoms with van der Waals surface area (Å²) < 4.78 is -1.16. The summed E-state index contributed by atoms with van der Waals surface area (Å²) in [6, 6.07) is 0. The van der Waals surface area contributed by atoms with Crippen LogP contribution in [0.3, 0.4) is 0 Å². The third kappa shape index (κ3) is 1.05. The van der Waals surface area contributed by atoms with Crippen molar-refractivity contribution in [2.24, 2.45) is 23.7 Å². The Morgan fingerprint density at radius 2 is 0.917 bits per heavy atom. The highest BCUT2D eigenvalue weighted by molar-refractivity contribution is 6.53. The number of halogens is 4. The van der Waals surface area contributed by atoms with Gasteiger partial charge in [0.05, 0.1) is 0 Å². The Bertz CT molecular complexity index is 199. The van der Waals surface area contributed by atoms with Crippen molar-refractivity contribution in [1.29, 1.82) is 0 Å². The largest absolute Gasteiger partial charge is 0.124 e. The lowest BCUT2D eigenvalue weighted by molar-refractivity contribution is 0.609. The van der Waals surface area contributed by atoms with E-state index in [2.05, 4.69) is 0 Å². The Morgan fingerprint density at radius 3 is 1.00 bits per heavy atom. The van der Waals surface area contributed by atoms with Crippen LogP contribution in [0.15, 0.2) is 0 Å². The van der Waals surface area contributed by atoms with Crippen LogP contribution in [0.4, 0.5) is 0 Å². The summed E-state index contributed by atoms with van der Waals surface area (Å²) in [7, 11) is 0. The van der Waals surface area contributed by atoms with Crippen LogP contribution >= 0.6 is 46.4 Å². The molecule has 0 bridgehead atoms. The van der Waals surface area contributed by atoms with E-state index in [4.69, 9.17) is 46.4 Å². The van der Waals surface area contributed by atoms with E-state index in [1.165, 1.54) is 0 Å². The second-order valence-corrected chi connectivity index (χ2v) is 6.87. The van der Waals surface area contributed by atoms with Crippen LogP contribution < -0.4 is 0 Å². The number of hydrogen-bond donors (Lipinski definition) is 0. The van der Waals surface area contributed by atoms with Gasteiger partial charge in [0.1, 0.15) is 8.67 Å². The normalized spacial score (nSPS) is 53.5. The minimum Gasteiger partial charge on any atom is -0.101 e. The molecule has 70 valence electrons. The number of hydrogen-bond acceptors (Lipinski definition) is 0. The Hall–Kier alpha value is 1.16. The lowest BCUT2D eigenvalue weighted by atomic mass is 10.2. The average molecular weight is 248 g/mol. The van der Waals surface area contributed by atoms with Crippen LogP contribution in [-0.2, 0) is 0 Å². The van der Waals surface area contributed by atoms with E-state index < -0.39 is 8.67 Å². The van der Waals surface area contributed by atoms with Crippen molar-refractivity contribution >= 4 is 46.4 Å². The highest BCUT2D eigenvalue weighted by atomic mass is 35.5. The maximum Gasteiger partial charge on any atom is 0.124 e. The van der Waals surface area contributed by atoms with Crippen molar-refractivity contribution in [2.45, 2.75) is 22.5 Å². The summed E-state index contributed by atoms with van der Waals surface area (Å²) in [5.41, 5.74) is 0. The molecule has 0 spiro atoms. The highest BCUT2D eigenvalue weighted by Gasteiger charge is 2.76. The van der Waals surface area contributed by atoms with Gasteiger partial charge in [-0.1, -0.05) is 13.8 Å². The molecule has 2 aliphatic carbocycles. The van der Waals surface area contributed by atoms with Gasteiger partial charge in [-0.05, 0) is 11.8 Å². The topological polar surface area (TPSA) is 0 Å². The van der Waals surface area contributed by atoms with Crippen molar-refractivity contribution in [3.8, 4) is 0 Å². The average Bonchev–Trinajstić information content (AvgIpc) is 2.55. The van der Waals surface area contributed by atoms with Gasteiger partial charge in [0, 0.05) is 11.8 Å². The van der Waals surface area contributed by atoms with Crippen LogP contribution in [0.25, 0.3) is 0 Å². The van der Waals surface area contributed by atoms with Crippen LogP contribution in [0.5, 0.6) is 0 Å². The van der Waals surface area contributed by atoms with Crippen LogP contribution in [0.2, 0.25) is 0 Å². The molecule has 2 saturated carbocycles. The Balaban J connectivity index is 2.08. The Kier molecular flexibility index (Phi) is 1.93. The van der Waals surface area contributed by atoms with Gasteiger partial charge in [-0.15, -0.1) is 46.4 Å². The van der Waals surface area contributed by atoms with Gasteiger partial charge < -0.3 is 0 Å². The van der Waals surface area contributed by atoms with E-state index in [0.29, 0.717) is 11.8 Å². The van der Waals surface area contributed by atoms with Gasteiger partial charge in [-0.2, -0.15) is 0 Å². The molecule has 0 aromatic heterocycles. The summed E-state index contributed by atoms with van der Waals surface area (Å²) in [4.78, 5) is 0. The van der Waals surface area contributed by atoms with Gasteiger partial charge in [-0.25, -0.2) is 0 Å². The summed E-state index contributed by atoms with van der Waals surface area (Å²) in [5, 5.41) is 0. The standard InChI is InChI=1S/C8H10Cl4/c1-3-5(7(3,9)10)6-4(2)8(6,11)12/h3-6H,1-2H3/t3-,4-,5+,6+/m1/s1. The third-order valence-corrected chi connectivity index (χ3v) is 5.73. The molecule has 2 aliphatic rings. The minimum absolute atomic E-state index is 0.283. The maximum atomic E-state index is 6.03.